The van der Waals surface area contributed by atoms with Gasteiger partial charge in [0.15, 0.2) is 0 Å². The van der Waals surface area contributed by atoms with Crippen molar-refractivity contribution in [2.24, 2.45) is 5.92 Å². The highest BCUT2D eigenvalue weighted by atomic mass is 16.3. The number of hydrogen-bond acceptors (Lipinski definition) is 2. The summed E-state index contributed by atoms with van der Waals surface area (Å²) in [6, 6.07) is 1.88. The van der Waals surface area contributed by atoms with Crippen molar-refractivity contribution in [3.63, 3.8) is 0 Å². The Labute approximate surface area is 59.8 Å². The first-order valence-electron chi connectivity index (χ1n) is 3.29. The van der Waals surface area contributed by atoms with Crippen LogP contribution in [0.15, 0.2) is 23.0 Å². The van der Waals surface area contributed by atoms with Gasteiger partial charge in [-0.25, -0.2) is 0 Å². The molecule has 0 amide bonds. The van der Waals surface area contributed by atoms with E-state index in [1.165, 1.54) is 0 Å². The zero-order valence-corrected chi connectivity index (χ0v) is 5.91. The molecule has 1 heterocycles. The molecule has 0 aliphatic rings. The van der Waals surface area contributed by atoms with E-state index in [9.17, 15) is 4.79 Å². The SMILES string of the molecule is CC(C=O)Cc1ccoc1. The number of carbonyl (C=O) groups is 1. The van der Waals surface area contributed by atoms with Crippen LogP contribution >= 0.6 is 0 Å². The van der Waals surface area contributed by atoms with Gasteiger partial charge < -0.3 is 9.21 Å². The standard InChI is InChI=1S/C8H10O2/c1-7(5-9)4-8-2-3-10-6-8/h2-3,5-7H,4H2,1H3. The lowest BCUT2D eigenvalue weighted by Crippen LogP contribution is -1.98. The van der Waals surface area contributed by atoms with Gasteiger partial charge in [0.05, 0.1) is 12.5 Å². The maximum absolute atomic E-state index is 10.2. The van der Waals surface area contributed by atoms with Gasteiger partial charge >= 0.3 is 0 Å². The number of aldehydes is 1. The van der Waals surface area contributed by atoms with Crippen molar-refractivity contribution < 1.29 is 9.21 Å². The van der Waals surface area contributed by atoms with E-state index >= 15 is 0 Å². The fraction of sp³-hybridized carbons (Fsp3) is 0.375. The first-order chi connectivity index (χ1) is 4.83. The average molecular weight is 138 g/mol. The summed E-state index contributed by atoms with van der Waals surface area (Å²) in [4.78, 5) is 10.2. The molecule has 2 nitrogen and oxygen atoms in total. The molecule has 0 aliphatic carbocycles. The molecule has 0 spiro atoms. The molecular formula is C8H10O2. The Balaban J connectivity index is 2.47. The normalized spacial score (nSPS) is 12.9. The monoisotopic (exact) mass is 138 g/mol. The molecule has 10 heavy (non-hydrogen) atoms. The van der Waals surface area contributed by atoms with Crippen LogP contribution in [0.5, 0.6) is 0 Å². The van der Waals surface area contributed by atoms with Gasteiger partial charge in [-0.3, -0.25) is 0 Å². The van der Waals surface area contributed by atoms with Gasteiger partial charge in [-0.2, -0.15) is 0 Å². The maximum atomic E-state index is 10.2. The lowest BCUT2D eigenvalue weighted by atomic mass is 10.1. The number of rotatable bonds is 3. The molecule has 1 unspecified atom stereocenters. The third-order valence-electron chi connectivity index (χ3n) is 1.37. The van der Waals surface area contributed by atoms with E-state index in [-0.39, 0.29) is 5.92 Å². The van der Waals surface area contributed by atoms with Crippen LogP contribution in [-0.4, -0.2) is 6.29 Å². The second kappa shape index (κ2) is 3.20. The Morgan fingerprint density at radius 3 is 3.10 bits per heavy atom. The van der Waals surface area contributed by atoms with Crippen molar-refractivity contribution in [3.05, 3.63) is 24.2 Å². The number of furan rings is 1. The van der Waals surface area contributed by atoms with Gasteiger partial charge in [0.2, 0.25) is 0 Å². The first kappa shape index (κ1) is 7.06. The largest absolute Gasteiger partial charge is 0.472 e. The van der Waals surface area contributed by atoms with Gasteiger partial charge in [-0.1, -0.05) is 6.92 Å². The Morgan fingerprint density at radius 2 is 2.60 bits per heavy atom. The summed E-state index contributed by atoms with van der Waals surface area (Å²) in [7, 11) is 0. The van der Waals surface area contributed by atoms with Crippen LogP contribution < -0.4 is 0 Å². The molecule has 0 radical (unpaired) electrons. The molecule has 1 aromatic heterocycles. The summed E-state index contributed by atoms with van der Waals surface area (Å²) in [5, 5.41) is 0. The highest BCUT2D eigenvalue weighted by Crippen LogP contribution is 2.06. The van der Waals surface area contributed by atoms with Crippen molar-refractivity contribution in [3.8, 4) is 0 Å². The van der Waals surface area contributed by atoms with Crippen LogP contribution in [0.1, 0.15) is 12.5 Å². The molecule has 1 atom stereocenters. The predicted molar refractivity (Wildman–Crippen MR) is 37.6 cm³/mol. The van der Waals surface area contributed by atoms with Crippen LogP contribution in [0.4, 0.5) is 0 Å². The van der Waals surface area contributed by atoms with Crippen molar-refractivity contribution in [2.75, 3.05) is 0 Å². The number of hydrogen-bond donors (Lipinski definition) is 0. The zero-order chi connectivity index (χ0) is 7.40. The van der Waals surface area contributed by atoms with Gasteiger partial charge in [0, 0.05) is 5.92 Å². The smallest absolute Gasteiger partial charge is 0.123 e. The quantitative estimate of drug-likeness (QED) is 0.594. The molecule has 0 aromatic carbocycles. The third kappa shape index (κ3) is 1.72. The van der Waals surface area contributed by atoms with Crippen molar-refractivity contribution >= 4 is 6.29 Å². The molecule has 1 rings (SSSR count). The molecule has 2 heteroatoms. The van der Waals surface area contributed by atoms with E-state index in [0.717, 1.165) is 18.3 Å². The lowest BCUT2D eigenvalue weighted by Gasteiger charge is -1.97. The summed E-state index contributed by atoms with van der Waals surface area (Å²) in [6.07, 6.45) is 5.01. The molecule has 0 bridgehead atoms. The summed E-state index contributed by atoms with van der Waals surface area (Å²) >= 11 is 0. The Kier molecular flexibility index (Phi) is 2.26. The second-order valence-electron chi connectivity index (χ2n) is 2.45. The minimum absolute atomic E-state index is 0.0950. The zero-order valence-electron chi connectivity index (χ0n) is 5.91. The minimum atomic E-state index is 0.0950. The topological polar surface area (TPSA) is 30.2 Å². The van der Waals surface area contributed by atoms with Crippen LogP contribution in [0, 0.1) is 5.92 Å². The summed E-state index contributed by atoms with van der Waals surface area (Å²) in [5.74, 6) is 0.0950. The van der Waals surface area contributed by atoms with E-state index in [0.29, 0.717) is 0 Å². The molecule has 0 saturated carbocycles. The van der Waals surface area contributed by atoms with Crippen molar-refractivity contribution in [1.82, 2.24) is 0 Å². The summed E-state index contributed by atoms with van der Waals surface area (Å²) in [5.41, 5.74) is 1.08. The highest BCUT2D eigenvalue weighted by Gasteiger charge is 2.01. The van der Waals surface area contributed by atoms with Crippen LogP contribution in [0.2, 0.25) is 0 Å². The van der Waals surface area contributed by atoms with Crippen molar-refractivity contribution in [1.29, 1.82) is 0 Å². The minimum Gasteiger partial charge on any atom is -0.472 e. The Hall–Kier alpha value is -1.05. The van der Waals surface area contributed by atoms with Gasteiger partial charge in [0.25, 0.3) is 0 Å². The molecule has 0 N–H and O–H groups in total. The molecule has 0 fully saturated rings. The molecule has 54 valence electrons. The van der Waals surface area contributed by atoms with Crippen LogP contribution in [0.25, 0.3) is 0 Å². The highest BCUT2D eigenvalue weighted by molar-refractivity contribution is 5.53. The van der Waals surface area contributed by atoms with E-state index in [2.05, 4.69) is 0 Å². The van der Waals surface area contributed by atoms with E-state index in [1.807, 2.05) is 13.0 Å². The second-order valence-corrected chi connectivity index (χ2v) is 2.45. The van der Waals surface area contributed by atoms with Gasteiger partial charge in [-0.05, 0) is 18.1 Å². The number of carbonyl (C=O) groups excluding carboxylic acids is 1. The summed E-state index contributed by atoms with van der Waals surface area (Å²) < 4.78 is 4.84. The van der Waals surface area contributed by atoms with Crippen molar-refractivity contribution in [2.45, 2.75) is 13.3 Å². The lowest BCUT2D eigenvalue weighted by molar-refractivity contribution is -0.110. The molecule has 0 aliphatic heterocycles. The molecule has 1 aromatic rings. The van der Waals surface area contributed by atoms with E-state index in [4.69, 9.17) is 4.42 Å². The van der Waals surface area contributed by atoms with Crippen LogP contribution in [0.3, 0.4) is 0 Å². The molecule has 0 saturated heterocycles. The summed E-state index contributed by atoms with van der Waals surface area (Å²) in [6.45, 7) is 1.89. The maximum Gasteiger partial charge on any atom is 0.123 e. The van der Waals surface area contributed by atoms with E-state index in [1.54, 1.807) is 12.5 Å². The predicted octanol–water partition coefficient (Wildman–Crippen LogP) is 1.66. The van der Waals surface area contributed by atoms with Gasteiger partial charge in [0.1, 0.15) is 6.29 Å². The van der Waals surface area contributed by atoms with Crippen LogP contribution in [-0.2, 0) is 11.2 Å². The van der Waals surface area contributed by atoms with E-state index < -0.39 is 0 Å². The average Bonchev–Trinajstić information content (AvgIpc) is 2.40. The fourth-order valence-corrected chi connectivity index (χ4v) is 0.829. The third-order valence-corrected chi connectivity index (χ3v) is 1.37. The first-order valence-corrected chi connectivity index (χ1v) is 3.29. The Bertz CT molecular complexity index is 189. The Morgan fingerprint density at radius 1 is 1.80 bits per heavy atom. The molecular weight excluding hydrogens is 128 g/mol. The van der Waals surface area contributed by atoms with Gasteiger partial charge in [-0.15, -0.1) is 0 Å². The fourth-order valence-electron chi connectivity index (χ4n) is 0.829.